The van der Waals surface area contributed by atoms with Gasteiger partial charge in [-0.25, -0.2) is 4.39 Å². The highest BCUT2D eigenvalue weighted by molar-refractivity contribution is 6.31. The minimum atomic E-state index is -0.402. The van der Waals surface area contributed by atoms with E-state index in [1.807, 2.05) is 24.0 Å². The molecule has 28 heavy (non-hydrogen) atoms. The number of nitrogens with two attached hydrogens (primary N) is 1. The molecule has 2 aromatic rings. The van der Waals surface area contributed by atoms with Crippen LogP contribution < -0.4 is 15.3 Å². The van der Waals surface area contributed by atoms with Gasteiger partial charge in [-0.05, 0) is 12.1 Å². The Kier molecular flexibility index (Phi) is 5.41. The van der Waals surface area contributed by atoms with E-state index in [0.717, 1.165) is 31.7 Å². The van der Waals surface area contributed by atoms with Crippen LogP contribution in [0.1, 0.15) is 24.0 Å². The number of hydrogen-bond donors (Lipinski definition) is 1. The highest BCUT2D eigenvalue weighted by atomic mass is 35.5. The molecule has 4 rings (SSSR count). The van der Waals surface area contributed by atoms with Crippen molar-refractivity contribution in [3.63, 3.8) is 0 Å². The number of fused-ring (bicyclic) bond motifs is 1. The van der Waals surface area contributed by atoms with Crippen molar-refractivity contribution in [3.05, 3.63) is 46.4 Å². The Morgan fingerprint density at radius 2 is 2.18 bits per heavy atom. The lowest BCUT2D eigenvalue weighted by Crippen LogP contribution is -2.37. The van der Waals surface area contributed by atoms with E-state index in [1.165, 1.54) is 6.07 Å². The predicted octanol–water partition coefficient (Wildman–Crippen LogP) is 1.94. The molecular formula is C19H24ClFN5O2+. The summed E-state index contributed by atoms with van der Waals surface area (Å²) in [5, 5.41) is 4.29. The average Bonchev–Trinajstić information content (AvgIpc) is 3.26. The first-order valence-electron chi connectivity index (χ1n) is 9.38. The van der Waals surface area contributed by atoms with E-state index in [-0.39, 0.29) is 11.9 Å². The van der Waals surface area contributed by atoms with Crippen molar-refractivity contribution in [1.82, 2.24) is 4.68 Å². The number of hydrogen-bond acceptors (Lipinski definition) is 4. The summed E-state index contributed by atoms with van der Waals surface area (Å²) < 4.78 is 24.2. The van der Waals surface area contributed by atoms with Crippen molar-refractivity contribution >= 4 is 23.3 Å². The summed E-state index contributed by atoms with van der Waals surface area (Å²) in [7, 11) is 1.99. The van der Waals surface area contributed by atoms with Crippen LogP contribution in [0.15, 0.2) is 29.6 Å². The molecule has 150 valence electrons. The van der Waals surface area contributed by atoms with Gasteiger partial charge in [0.05, 0.1) is 25.8 Å². The number of anilines is 1. The molecule has 2 aliphatic heterocycles. The number of ether oxygens (including phenoxy) is 1. The summed E-state index contributed by atoms with van der Waals surface area (Å²) in [6.07, 6.45) is 3.48. The molecule has 0 unspecified atom stereocenters. The maximum absolute atomic E-state index is 14.8. The molecule has 0 atom stereocenters. The van der Waals surface area contributed by atoms with E-state index in [4.69, 9.17) is 26.9 Å². The molecule has 2 N–H and O–H groups in total. The van der Waals surface area contributed by atoms with Crippen LogP contribution >= 0.6 is 11.6 Å². The summed E-state index contributed by atoms with van der Waals surface area (Å²) >= 11 is 6.39. The second kappa shape index (κ2) is 7.97. The lowest BCUT2D eigenvalue weighted by Gasteiger charge is -2.20. The Labute approximate surface area is 168 Å². The molecule has 0 saturated carbocycles. The molecule has 7 nitrogen and oxygen atoms in total. The van der Waals surface area contributed by atoms with Crippen molar-refractivity contribution in [2.75, 3.05) is 24.7 Å². The van der Waals surface area contributed by atoms with E-state index >= 15 is 0 Å². The van der Waals surface area contributed by atoms with Gasteiger partial charge in [0.25, 0.3) is 0 Å². The Morgan fingerprint density at radius 1 is 1.39 bits per heavy atom. The summed E-state index contributed by atoms with van der Waals surface area (Å²) in [4.78, 5) is 7.57. The molecule has 0 spiro atoms. The van der Waals surface area contributed by atoms with Crippen molar-refractivity contribution in [3.8, 4) is 0 Å². The fourth-order valence-electron chi connectivity index (χ4n) is 3.59. The maximum atomic E-state index is 14.8. The van der Waals surface area contributed by atoms with Crippen LogP contribution in [0.25, 0.3) is 0 Å². The van der Waals surface area contributed by atoms with E-state index in [9.17, 15) is 4.39 Å². The third kappa shape index (κ3) is 3.79. The van der Waals surface area contributed by atoms with E-state index in [1.54, 1.807) is 6.07 Å². The van der Waals surface area contributed by atoms with Gasteiger partial charge >= 0.3 is 0 Å². The van der Waals surface area contributed by atoms with Crippen molar-refractivity contribution in [1.29, 1.82) is 0 Å². The fraction of sp³-hybridized carbons (Fsp3) is 0.474. The van der Waals surface area contributed by atoms with Gasteiger partial charge in [-0.1, -0.05) is 16.8 Å². The van der Waals surface area contributed by atoms with Gasteiger partial charge < -0.3 is 20.2 Å². The largest absolute Gasteiger partial charge is 0.391 e. The number of halogens is 2. The van der Waals surface area contributed by atoms with Crippen LogP contribution in [0.5, 0.6) is 0 Å². The molecule has 1 aromatic heterocycles. The molecule has 2 aliphatic rings. The number of aromatic nitrogens is 2. The first-order chi connectivity index (χ1) is 13.5. The smallest absolute Gasteiger partial charge is 0.197 e. The molecule has 0 bridgehead atoms. The van der Waals surface area contributed by atoms with Gasteiger partial charge in [0.1, 0.15) is 11.9 Å². The van der Waals surface area contributed by atoms with Gasteiger partial charge in [0, 0.05) is 42.1 Å². The second-order valence-corrected chi connectivity index (χ2v) is 7.51. The Bertz CT molecular complexity index is 871. The molecular weight excluding hydrogens is 385 g/mol. The quantitative estimate of drug-likeness (QED) is 0.355. The topological polar surface area (TPSA) is 68.9 Å². The zero-order chi connectivity index (χ0) is 19.7. The summed E-state index contributed by atoms with van der Waals surface area (Å²) in [6, 6.07) is 5.02. The Morgan fingerprint density at radius 3 is 2.93 bits per heavy atom. The first kappa shape index (κ1) is 19.0. The van der Waals surface area contributed by atoms with Crippen molar-refractivity contribution < 1.29 is 18.6 Å². The van der Waals surface area contributed by atoms with Crippen LogP contribution in [0, 0.1) is 5.82 Å². The van der Waals surface area contributed by atoms with E-state index < -0.39 is 5.82 Å². The normalized spacial score (nSPS) is 17.8. The van der Waals surface area contributed by atoms with Gasteiger partial charge in [0.2, 0.25) is 0 Å². The number of amidine groups is 1. The molecule has 1 saturated heterocycles. The zero-order valence-electron chi connectivity index (χ0n) is 15.8. The lowest BCUT2D eigenvalue weighted by atomic mass is 10.1. The van der Waals surface area contributed by atoms with Crippen molar-refractivity contribution in [2.24, 2.45) is 17.9 Å². The molecule has 1 aromatic carbocycles. The predicted molar refractivity (Wildman–Crippen MR) is 104 cm³/mol. The Balaban J connectivity index is 1.49. The zero-order valence-corrected chi connectivity index (χ0v) is 16.5. The van der Waals surface area contributed by atoms with Gasteiger partial charge in [-0.3, -0.25) is 0 Å². The molecule has 0 amide bonds. The van der Waals surface area contributed by atoms with Gasteiger partial charge in [-0.2, -0.15) is 0 Å². The fourth-order valence-corrected chi connectivity index (χ4v) is 3.86. The summed E-state index contributed by atoms with van der Waals surface area (Å²) in [5.41, 5.74) is 6.84. The van der Waals surface area contributed by atoms with Crippen LogP contribution in [-0.4, -0.2) is 36.4 Å². The highest BCUT2D eigenvalue weighted by Crippen LogP contribution is 2.27. The number of oxime groups is 1. The minimum Gasteiger partial charge on any atom is -0.391 e. The number of nitrogens with zero attached hydrogens (tertiary/aromatic N) is 4. The lowest BCUT2D eigenvalue weighted by molar-refractivity contribution is -0.751. The number of aryl methyl sites for hydroxylation is 1. The van der Waals surface area contributed by atoms with Gasteiger partial charge in [0.15, 0.2) is 24.9 Å². The number of benzene rings is 1. The van der Waals surface area contributed by atoms with E-state index in [2.05, 4.69) is 14.7 Å². The highest BCUT2D eigenvalue weighted by Gasteiger charge is 2.26. The van der Waals surface area contributed by atoms with Crippen molar-refractivity contribution in [2.45, 2.75) is 32.0 Å². The van der Waals surface area contributed by atoms with Gasteiger partial charge in [-0.15, -0.1) is 9.36 Å². The molecule has 0 aliphatic carbocycles. The average molecular weight is 409 g/mol. The molecule has 0 radical (unpaired) electrons. The Hall–Kier alpha value is -2.32. The SMILES string of the molecule is C[n+]1ccc2n1CCN2Cc1c(F)cc(C(N)=NOC2CCOCC2)cc1Cl. The third-order valence-electron chi connectivity index (χ3n) is 5.24. The molecule has 1 fully saturated rings. The summed E-state index contributed by atoms with van der Waals surface area (Å²) in [5.74, 6) is 0.759. The second-order valence-electron chi connectivity index (χ2n) is 7.10. The van der Waals surface area contributed by atoms with E-state index in [0.29, 0.717) is 35.9 Å². The maximum Gasteiger partial charge on any atom is 0.197 e. The molecule has 9 heteroatoms. The van der Waals surface area contributed by atoms with Crippen LogP contribution in [0.4, 0.5) is 10.2 Å². The standard InChI is InChI=1S/C19H24ClFN5O2/c1-24-5-2-18-25(6-7-26(18)24)12-15-16(20)10-13(11-17(15)21)19(22)23-28-14-3-8-27-9-4-14/h2,5,10-11,14H,3-4,6-9,12H2,1H3,(H2,22,23)/q+1. The minimum absolute atomic E-state index is 0.0281. The first-order valence-corrected chi connectivity index (χ1v) is 9.76. The number of rotatable bonds is 5. The van der Waals surface area contributed by atoms with Crippen LogP contribution in [-0.2, 0) is 29.7 Å². The van der Waals surface area contributed by atoms with Crippen LogP contribution in [0.3, 0.4) is 0 Å². The third-order valence-corrected chi connectivity index (χ3v) is 5.58. The van der Waals surface area contributed by atoms with Crippen LogP contribution in [0.2, 0.25) is 5.02 Å². The monoisotopic (exact) mass is 408 g/mol. The molecule has 3 heterocycles. The summed E-state index contributed by atoms with van der Waals surface area (Å²) in [6.45, 7) is 3.36.